The number of nitrogens with one attached hydrogen (secondary N) is 1. The summed E-state index contributed by atoms with van der Waals surface area (Å²) in [5, 5.41) is 2.74. The molecule has 0 unspecified atom stereocenters. The van der Waals surface area contributed by atoms with E-state index in [0.29, 0.717) is 19.7 Å². The predicted molar refractivity (Wildman–Crippen MR) is 112 cm³/mol. The van der Waals surface area contributed by atoms with E-state index in [9.17, 15) is 9.59 Å². The molecule has 0 bridgehead atoms. The van der Waals surface area contributed by atoms with Crippen LogP contribution in [0.2, 0.25) is 0 Å². The lowest BCUT2D eigenvalue weighted by Crippen LogP contribution is -2.53. The van der Waals surface area contributed by atoms with Gasteiger partial charge in [-0.1, -0.05) is 12.3 Å². The monoisotopic (exact) mass is 407 g/mol. The van der Waals surface area contributed by atoms with Crippen LogP contribution in [0.25, 0.3) is 0 Å². The molecule has 0 spiro atoms. The van der Waals surface area contributed by atoms with Crippen LogP contribution in [0.1, 0.15) is 59.3 Å². The van der Waals surface area contributed by atoms with Gasteiger partial charge in [-0.3, -0.25) is 9.69 Å². The van der Waals surface area contributed by atoms with Crippen LogP contribution in [0.4, 0.5) is 4.79 Å². The largest absolute Gasteiger partial charge is 0.444 e. The molecule has 1 atom stereocenters. The fourth-order valence-electron chi connectivity index (χ4n) is 3.86. The average Bonchev–Trinajstić information content (AvgIpc) is 2.67. The van der Waals surface area contributed by atoms with Crippen LogP contribution in [0.15, 0.2) is 0 Å². The molecular weight excluding hydrogens is 370 g/mol. The van der Waals surface area contributed by atoms with Gasteiger partial charge in [-0.05, 0) is 59.4 Å². The number of ether oxygens (including phenoxy) is 2. The highest BCUT2D eigenvalue weighted by molar-refractivity contribution is 5.82. The minimum atomic E-state index is -0.485. The highest BCUT2D eigenvalue weighted by Gasteiger charge is 2.33. The summed E-state index contributed by atoms with van der Waals surface area (Å²) in [7, 11) is 0. The molecule has 7 nitrogen and oxygen atoms in total. The van der Waals surface area contributed by atoms with Crippen molar-refractivity contribution in [2.75, 3.05) is 39.3 Å². The van der Waals surface area contributed by atoms with Crippen LogP contribution >= 0.6 is 0 Å². The standard InChI is InChI=1S/C22H37N3O4/c1-5-13-24-14-7-6-9-19(24)20(26)25-15-10-18(11-16-25)28-17-8-12-23-21(27)29-22(2,3)4/h1,18-19H,6-17H2,2-4H3,(H,23,27)/t19-/m0/s1. The minimum absolute atomic E-state index is 0.0591. The summed E-state index contributed by atoms with van der Waals surface area (Å²) in [6, 6.07) is -0.0591. The first-order valence-electron chi connectivity index (χ1n) is 10.8. The van der Waals surface area contributed by atoms with E-state index in [1.807, 2.05) is 25.7 Å². The molecule has 2 fully saturated rings. The number of terminal acetylenes is 1. The van der Waals surface area contributed by atoms with Crippen molar-refractivity contribution in [3.8, 4) is 12.3 Å². The van der Waals surface area contributed by atoms with E-state index in [4.69, 9.17) is 15.9 Å². The summed E-state index contributed by atoms with van der Waals surface area (Å²) in [6.45, 7) is 9.58. The lowest BCUT2D eigenvalue weighted by atomic mass is 9.99. The zero-order valence-electron chi connectivity index (χ0n) is 18.2. The van der Waals surface area contributed by atoms with Crippen LogP contribution < -0.4 is 5.32 Å². The highest BCUT2D eigenvalue weighted by Crippen LogP contribution is 2.21. The molecule has 1 N–H and O–H groups in total. The Morgan fingerprint density at radius 3 is 2.52 bits per heavy atom. The topological polar surface area (TPSA) is 71.1 Å². The molecule has 0 aromatic rings. The molecule has 2 aliphatic rings. The predicted octanol–water partition coefficient (Wildman–Crippen LogP) is 2.40. The maximum absolute atomic E-state index is 12.9. The summed E-state index contributed by atoms with van der Waals surface area (Å²) in [5.41, 5.74) is -0.485. The van der Waals surface area contributed by atoms with Gasteiger partial charge < -0.3 is 19.7 Å². The first kappa shape index (κ1) is 23.5. The van der Waals surface area contributed by atoms with Crippen LogP contribution in [-0.4, -0.2) is 78.9 Å². The van der Waals surface area contributed by atoms with Crippen LogP contribution in [0, 0.1) is 12.3 Å². The van der Waals surface area contributed by atoms with Gasteiger partial charge in [0.15, 0.2) is 0 Å². The van der Waals surface area contributed by atoms with Gasteiger partial charge in [-0.2, -0.15) is 0 Å². The van der Waals surface area contributed by atoms with Gasteiger partial charge in [-0.25, -0.2) is 4.79 Å². The Balaban J connectivity index is 1.62. The Labute approximate surface area is 175 Å². The Morgan fingerprint density at radius 1 is 1.14 bits per heavy atom. The fourth-order valence-corrected chi connectivity index (χ4v) is 3.86. The third kappa shape index (κ3) is 8.23. The summed E-state index contributed by atoms with van der Waals surface area (Å²) in [6.07, 6.45) is 10.8. The van der Waals surface area contributed by atoms with E-state index in [2.05, 4.69) is 16.1 Å². The van der Waals surface area contributed by atoms with Crippen molar-refractivity contribution in [2.24, 2.45) is 0 Å². The second-order valence-electron chi connectivity index (χ2n) is 8.86. The van der Waals surface area contributed by atoms with E-state index < -0.39 is 11.7 Å². The van der Waals surface area contributed by atoms with E-state index in [-0.39, 0.29) is 18.1 Å². The van der Waals surface area contributed by atoms with Gasteiger partial charge >= 0.3 is 6.09 Å². The van der Waals surface area contributed by atoms with Crippen molar-refractivity contribution in [1.82, 2.24) is 15.1 Å². The molecular formula is C22H37N3O4. The van der Waals surface area contributed by atoms with Gasteiger partial charge in [-0.15, -0.1) is 6.42 Å². The number of amides is 2. The smallest absolute Gasteiger partial charge is 0.407 e. The molecule has 2 heterocycles. The molecule has 7 heteroatoms. The number of nitrogens with zero attached hydrogens (tertiary/aromatic N) is 2. The van der Waals surface area contributed by atoms with Crippen LogP contribution in [0.5, 0.6) is 0 Å². The van der Waals surface area contributed by atoms with Gasteiger partial charge in [0.2, 0.25) is 5.91 Å². The quantitative estimate of drug-likeness (QED) is 0.518. The number of rotatable bonds is 7. The molecule has 29 heavy (non-hydrogen) atoms. The molecule has 2 amide bonds. The Kier molecular flexibility index (Phi) is 9.25. The zero-order valence-corrected chi connectivity index (χ0v) is 18.2. The Bertz CT molecular complexity index is 574. The first-order valence-corrected chi connectivity index (χ1v) is 10.8. The number of carbonyl (C=O) groups excluding carboxylic acids is 2. The van der Waals surface area contributed by atoms with Crippen molar-refractivity contribution < 1.29 is 19.1 Å². The normalized spacial score (nSPS) is 21.4. The van der Waals surface area contributed by atoms with Gasteiger partial charge in [0.05, 0.1) is 18.7 Å². The maximum Gasteiger partial charge on any atom is 0.407 e. The maximum atomic E-state index is 12.9. The van der Waals surface area contributed by atoms with E-state index >= 15 is 0 Å². The minimum Gasteiger partial charge on any atom is -0.444 e. The van der Waals surface area contributed by atoms with Crippen LogP contribution in [-0.2, 0) is 14.3 Å². The Morgan fingerprint density at radius 2 is 1.86 bits per heavy atom. The molecule has 2 aliphatic heterocycles. The summed E-state index contributed by atoms with van der Waals surface area (Å²) >= 11 is 0. The molecule has 0 saturated carbocycles. The number of piperidine rings is 2. The second-order valence-corrected chi connectivity index (χ2v) is 8.86. The second kappa shape index (κ2) is 11.4. The number of hydrogen-bond donors (Lipinski definition) is 1. The van der Waals surface area contributed by atoms with Gasteiger partial charge in [0.25, 0.3) is 0 Å². The van der Waals surface area contributed by atoms with Crippen molar-refractivity contribution in [3.63, 3.8) is 0 Å². The van der Waals surface area contributed by atoms with Gasteiger partial charge in [0.1, 0.15) is 5.60 Å². The molecule has 2 rings (SSSR count). The zero-order chi connectivity index (χ0) is 21.3. The molecule has 0 aromatic heterocycles. The average molecular weight is 408 g/mol. The first-order chi connectivity index (χ1) is 13.8. The number of carbonyl (C=O) groups is 2. The van der Waals surface area contributed by atoms with Crippen molar-refractivity contribution >= 4 is 12.0 Å². The van der Waals surface area contributed by atoms with Crippen molar-refractivity contribution in [2.45, 2.75) is 77.0 Å². The SMILES string of the molecule is C#CCN1CCCC[C@H]1C(=O)N1CCC(OCCCNC(=O)OC(C)(C)C)CC1. The van der Waals surface area contributed by atoms with Crippen LogP contribution in [0.3, 0.4) is 0 Å². The molecule has 0 radical (unpaired) electrons. The summed E-state index contributed by atoms with van der Waals surface area (Å²) in [5.74, 6) is 2.91. The number of hydrogen-bond acceptors (Lipinski definition) is 5. The number of likely N-dealkylation sites (tertiary alicyclic amines) is 2. The van der Waals surface area contributed by atoms with Gasteiger partial charge in [0, 0.05) is 26.2 Å². The Hall–Kier alpha value is -1.78. The molecule has 164 valence electrons. The van der Waals surface area contributed by atoms with Crippen molar-refractivity contribution in [1.29, 1.82) is 0 Å². The molecule has 0 aromatic carbocycles. The van der Waals surface area contributed by atoms with E-state index in [1.54, 1.807) is 0 Å². The summed E-state index contributed by atoms with van der Waals surface area (Å²) in [4.78, 5) is 28.6. The van der Waals surface area contributed by atoms with E-state index in [1.165, 1.54) is 0 Å². The van der Waals surface area contributed by atoms with Crippen molar-refractivity contribution in [3.05, 3.63) is 0 Å². The lowest BCUT2D eigenvalue weighted by molar-refractivity contribution is -0.140. The highest BCUT2D eigenvalue weighted by atomic mass is 16.6. The molecule has 0 aliphatic carbocycles. The van der Waals surface area contributed by atoms with E-state index in [0.717, 1.165) is 58.2 Å². The third-order valence-corrected chi connectivity index (χ3v) is 5.29. The fraction of sp³-hybridized carbons (Fsp3) is 0.818. The summed E-state index contributed by atoms with van der Waals surface area (Å²) < 4.78 is 11.1. The third-order valence-electron chi connectivity index (χ3n) is 5.29. The lowest BCUT2D eigenvalue weighted by Gasteiger charge is -2.39. The number of alkyl carbamates (subject to hydrolysis) is 1. The molecule has 2 saturated heterocycles.